The van der Waals surface area contributed by atoms with E-state index >= 15 is 0 Å². The highest BCUT2D eigenvalue weighted by molar-refractivity contribution is 6.32. The highest BCUT2D eigenvalue weighted by Gasteiger charge is 2.01. The molecule has 0 aliphatic heterocycles. The normalized spacial score (nSPS) is 10.1. The molecule has 1 nitrogen and oxygen atoms in total. The fraction of sp³-hybridized carbons (Fsp3) is 0.333. The molecule has 0 amide bonds. The lowest BCUT2D eigenvalue weighted by Gasteiger charge is -2.04. The van der Waals surface area contributed by atoms with Crippen molar-refractivity contribution < 1.29 is 5.11 Å². The van der Waals surface area contributed by atoms with Gasteiger partial charge in [-0.05, 0) is 36.6 Å². The summed E-state index contributed by atoms with van der Waals surface area (Å²) in [7, 11) is 0. The molecule has 0 heterocycles. The second-order valence-electron chi connectivity index (χ2n) is 2.58. The van der Waals surface area contributed by atoms with Crippen LogP contribution in [0.25, 0.3) is 0 Å². The Bertz CT molecular complexity index is 269. The molecule has 11 heavy (non-hydrogen) atoms. The number of aryl methyl sites for hydroxylation is 2. The SMILES string of the molecule is CCc1cc(Cl)c(O)cc1C. The number of halogens is 1. The minimum absolute atomic E-state index is 0.168. The second-order valence-corrected chi connectivity index (χ2v) is 2.99. The molecule has 1 aromatic rings. The number of hydrogen-bond acceptors (Lipinski definition) is 1. The van der Waals surface area contributed by atoms with Gasteiger partial charge in [-0.1, -0.05) is 18.5 Å². The van der Waals surface area contributed by atoms with E-state index in [9.17, 15) is 5.11 Å². The third-order valence-corrected chi connectivity index (χ3v) is 2.09. The molecule has 0 aromatic heterocycles. The van der Waals surface area contributed by atoms with E-state index in [-0.39, 0.29) is 5.75 Å². The van der Waals surface area contributed by atoms with Gasteiger partial charge in [-0.25, -0.2) is 0 Å². The molecular weight excluding hydrogens is 160 g/mol. The van der Waals surface area contributed by atoms with Crippen LogP contribution in [0.3, 0.4) is 0 Å². The molecular formula is C9H11ClO. The van der Waals surface area contributed by atoms with Crippen molar-refractivity contribution in [2.24, 2.45) is 0 Å². The van der Waals surface area contributed by atoms with Crippen molar-refractivity contribution in [3.8, 4) is 5.75 Å². The van der Waals surface area contributed by atoms with E-state index in [0.29, 0.717) is 5.02 Å². The summed E-state index contributed by atoms with van der Waals surface area (Å²) in [5.74, 6) is 0.168. The van der Waals surface area contributed by atoms with Gasteiger partial charge in [0.2, 0.25) is 0 Å². The molecule has 0 atom stereocenters. The van der Waals surface area contributed by atoms with Crippen LogP contribution in [-0.2, 0) is 6.42 Å². The molecule has 1 N–H and O–H groups in total. The lowest BCUT2D eigenvalue weighted by molar-refractivity contribution is 0.475. The van der Waals surface area contributed by atoms with Gasteiger partial charge in [0.1, 0.15) is 5.75 Å². The van der Waals surface area contributed by atoms with E-state index in [0.717, 1.165) is 12.0 Å². The van der Waals surface area contributed by atoms with Crippen molar-refractivity contribution in [1.82, 2.24) is 0 Å². The fourth-order valence-corrected chi connectivity index (χ4v) is 1.27. The van der Waals surface area contributed by atoms with Crippen LogP contribution in [0.15, 0.2) is 12.1 Å². The van der Waals surface area contributed by atoms with Gasteiger partial charge in [0.25, 0.3) is 0 Å². The Kier molecular flexibility index (Phi) is 2.40. The average molecular weight is 171 g/mol. The first-order valence-corrected chi connectivity index (χ1v) is 4.01. The van der Waals surface area contributed by atoms with E-state index in [4.69, 9.17) is 11.6 Å². The molecule has 0 unspecified atom stereocenters. The Labute approximate surface area is 71.6 Å². The Balaban J connectivity index is 3.21. The Morgan fingerprint density at radius 3 is 2.64 bits per heavy atom. The largest absolute Gasteiger partial charge is 0.506 e. The maximum atomic E-state index is 9.19. The molecule has 0 fully saturated rings. The molecule has 0 aliphatic rings. The highest BCUT2D eigenvalue weighted by Crippen LogP contribution is 2.26. The molecule has 2 heteroatoms. The highest BCUT2D eigenvalue weighted by atomic mass is 35.5. The summed E-state index contributed by atoms with van der Waals surface area (Å²) in [6, 6.07) is 3.51. The van der Waals surface area contributed by atoms with Crippen molar-refractivity contribution >= 4 is 11.6 Å². The van der Waals surface area contributed by atoms with Crippen LogP contribution < -0.4 is 0 Å². The van der Waals surface area contributed by atoms with Gasteiger partial charge in [0.15, 0.2) is 0 Å². The number of hydrogen-bond donors (Lipinski definition) is 1. The maximum absolute atomic E-state index is 9.19. The van der Waals surface area contributed by atoms with Crippen LogP contribution in [0.2, 0.25) is 5.02 Å². The summed E-state index contributed by atoms with van der Waals surface area (Å²) in [4.78, 5) is 0. The van der Waals surface area contributed by atoms with Crippen LogP contribution in [0.1, 0.15) is 18.1 Å². The Hall–Kier alpha value is -0.690. The average Bonchev–Trinajstić information content (AvgIpc) is 1.97. The van der Waals surface area contributed by atoms with Gasteiger partial charge >= 0.3 is 0 Å². The second kappa shape index (κ2) is 3.14. The lowest BCUT2D eigenvalue weighted by Crippen LogP contribution is -1.85. The maximum Gasteiger partial charge on any atom is 0.134 e. The predicted octanol–water partition coefficient (Wildman–Crippen LogP) is 2.92. The monoisotopic (exact) mass is 170 g/mol. The quantitative estimate of drug-likeness (QED) is 0.687. The number of phenolic OH excluding ortho intramolecular Hbond substituents is 1. The molecule has 0 saturated heterocycles. The van der Waals surface area contributed by atoms with E-state index in [1.807, 2.05) is 13.0 Å². The summed E-state index contributed by atoms with van der Waals surface area (Å²) in [6.45, 7) is 4.03. The topological polar surface area (TPSA) is 20.2 Å². The van der Waals surface area contributed by atoms with Gasteiger partial charge in [-0.15, -0.1) is 0 Å². The molecule has 60 valence electrons. The zero-order chi connectivity index (χ0) is 8.43. The van der Waals surface area contributed by atoms with Crippen molar-refractivity contribution in [1.29, 1.82) is 0 Å². The van der Waals surface area contributed by atoms with E-state index in [2.05, 4.69) is 6.92 Å². The van der Waals surface area contributed by atoms with Gasteiger partial charge < -0.3 is 5.11 Å². The lowest BCUT2D eigenvalue weighted by atomic mass is 10.1. The minimum Gasteiger partial charge on any atom is -0.506 e. The first-order chi connectivity index (χ1) is 5.15. The van der Waals surface area contributed by atoms with Crippen molar-refractivity contribution in [3.63, 3.8) is 0 Å². The van der Waals surface area contributed by atoms with Crippen LogP contribution in [0.4, 0.5) is 0 Å². The van der Waals surface area contributed by atoms with Gasteiger partial charge in [0, 0.05) is 0 Å². The molecule has 0 saturated carbocycles. The first kappa shape index (κ1) is 8.41. The molecule has 0 aliphatic carbocycles. The summed E-state index contributed by atoms with van der Waals surface area (Å²) in [5.41, 5.74) is 2.28. The first-order valence-electron chi connectivity index (χ1n) is 3.63. The third-order valence-electron chi connectivity index (χ3n) is 1.79. The van der Waals surface area contributed by atoms with Crippen LogP contribution in [-0.4, -0.2) is 5.11 Å². The van der Waals surface area contributed by atoms with E-state index < -0.39 is 0 Å². The van der Waals surface area contributed by atoms with Crippen LogP contribution in [0.5, 0.6) is 5.75 Å². The molecule has 0 spiro atoms. The van der Waals surface area contributed by atoms with Gasteiger partial charge in [-0.2, -0.15) is 0 Å². The third kappa shape index (κ3) is 1.66. The summed E-state index contributed by atoms with van der Waals surface area (Å²) in [5, 5.41) is 9.63. The number of aromatic hydroxyl groups is 1. The number of phenols is 1. The minimum atomic E-state index is 0.168. The standard InChI is InChI=1S/C9H11ClO/c1-3-7-5-8(10)9(11)4-6(7)2/h4-5,11H,3H2,1-2H3. The Morgan fingerprint density at radius 1 is 1.45 bits per heavy atom. The van der Waals surface area contributed by atoms with Crippen LogP contribution >= 0.6 is 11.6 Å². The van der Waals surface area contributed by atoms with Crippen molar-refractivity contribution in [2.45, 2.75) is 20.3 Å². The zero-order valence-electron chi connectivity index (χ0n) is 6.69. The smallest absolute Gasteiger partial charge is 0.134 e. The van der Waals surface area contributed by atoms with E-state index in [1.54, 1.807) is 6.07 Å². The van der Waals surface area contributed by atoms with Crippen LogP contribution in [0, 0.1) is 6.92 Å². The summed E-state index contributed by atoms with van der Waals surface area (Å²) < 4.78 is 0. The molecule has 0 radical (unpaired) electrons. The Morgan fingerprint density at radius 2 is 2.09 bits per heavy atom. The van der Waals surface area contributed by atoms with E-state index in [1.165, 1.54) is 5.56 Å². The van der Waals surface area contributed by atoms with Crippen molar-refractivity contribution in [3.05, 3.63) is 28.3 Å². The molecule has 1 rings (SSSR count). The van der Waals surface area contributed by atoms with Crippen molar-refractivity contribution in [2.75, 3.05) is 0 Å². The number of benzene rings is 1. The van der Waals surface area contributed by atoms with Gasteiger partial charge in [0.05, 0.1) is 5.02 Å². The molecule has 1 aromatic carbocycles. The molecule has 0 bridgehead atoms. The fourth-order valence-electron chi connectivity index (χ4n) is 1.09. The summed E-state index contributed by atoms with van der Waals surface area (Å²) in [6.07, 6.45) is 0.950. The zero-order valence-corrected chi connectivity index (χ0v) is 7.44. The predicted molar refractivity (Wildman–Crippen MR) is 47.2 cm³/mol. The van der Waals surface area contributed by atoms with Gasteiger partial charge in [-0.3, -0.25) is 0 Å². The number of rotatable bonds is 1. The summed E-state index contributed by atoms with van der Waals surface area (Å²) >= 11 is 5.71.